The lowest BCUT2D eigenvalue weighted by Crippen LogP contribution is -2.38. The van der Waals surface area contributed by atoms with Crippen LogP contribution in [0.3, 0.4) is 0 Å². The first-order chi connectivity index (χ1) is 15.6. The Bertz CT molecular complexity index is 1020. The molecule has 0 bridgehead atoms. The van der Waals surface area contributed by atoms with Gasteiger partial charge in [0, 0.05) is 37.8 Å². The van der Waals surface area contributed by atoms with Crippen LogP contribution in [0, 0.1) is 5.82 Å². The quantitative estimate of drug-likeness (QED) is 0.584. The predicted octanol–water partition coefficient (Wildman–Crippen LogP) is 3.97. The number of anilines is 2. The van der Waals surface area contributed by atoms with Gasteiger partial charge in [0.1, 0.15) is 17.5 Å². The number of nitrogens with one attached hydrogen (secondary N) is 1. The molecule has 32 heavy (non-hydrogen) atoms. The monoisotopic (exact) mass is 435 g/mol. The summed E-state index contributed by atoms with van der Waals surface area (Å²) < 4.78 is 13.0. The average molecular weight is 436 g/mol. The van der Waals surface area contributed by atoms with Gasteiger partial charge < -0.3 is 15.3 Å². The fourth-order valence-corrected chi connectivity index (χ4v) is 3.90. The summed E-state index contributed by atoms with van der Waals surface area (Å²) in [6.07, 6.45) is 6.59. The molecule has 8 heteroatoms. The van der Waals surface area contributed by atoms with Crippen molar-refractivity contribution in [2.24, 2.45) is 0 Å². The zero-order valence-electron chi connectivity index (χ0n) is 17.7. The van der Waals surface area contributed by atoms with Crippen molar-refractivity contribution in [2.75, 3.05) is 18.4 Å². The number of carbonyl (C=O) groups excluding carboxylic acids is 1. The molecule has 4 rings (SSSR count). The molecule has 1 atom stereocenters. The second kappa shape index (κ2) is 10.3. The van der Waals surface area contributed by atoms with E-state index >= 15 is 0 Å². The molecule has 1 fully saturated rings. The Balaban J connectivity index is 1.27. The van der Waals surface area contributed by atoms with E-state index in [1.165, 1.54) is 12.1 Å². The largest absolute Gasteiger partial charge is 0.388 e. The van der Waals surface area contributed by atoms with Crippen molar-refractivity contribution in [1.29, 1.82) is 0 Å². The lowest BCUT2D eigenvalue weighted by atomic mass is 9.93. The maximum atomic E-state index is 13.0. The molecule has 166 valence electrons. The van der Waals surface area contributed by atoms with Crippen LogP contribution in [-0.2, 0) is 4.79 Å². The van der Waals surface area contributed by atoms with Crippen LogP contribution < -0.4 is 5.32 Å². The van der Waals surface area contributed by atoms with Crippen molar-refractivity contribution in [3.63, 3.8) is 0 Å². The Hall–Kier alpha value is -3.39. The second-order valence-corrected chi connectivity index (χ2v) is 7.93. The van der Waals surface area contributed by atoms with Gasteiger partial charge in [-0.2, -0.15) is 0 Å². The summed E-state index contributed by atoms with van der Waals surface area (Å²) in [7, 11) is 0. The number of hydrogen-bond acceptors (Lipinski definition) is 6. The Morgan fingerprint density at radius 1 is 1.12 bits per heavy atom. The SMILES string of the molecule is O=C(CC[C@H](O)c1ccc(F)cc1)N1CCC(c2cncc(Nc3ccccn3)n2)CC1. The number of amides is 1. The predicted molar refractivity (Wildman–Crippen MR) is 119 cm³/mol. The van der Waals surface area contributed by atoms with E-state index in [0.29, 0.717) is 36.7 Å². The molecule has 2 aromatic heterocycles. The van der Waals surface area contributed by atoms with Crippen LogP contribution in [0.4, 0.5) is 16.0 Å². The summed E-state index contributed by atoms with van der Waals surface area (Å²) >= 11 is 0. The maximum absolute atomic E-state index is 13.0. The lowest BCUT2D eigenvalue weighted by Gasteiger charge is -2.32. The van der Waals surface area contributed by atoms with E-state index in [9.17, 15) is 14.3 Å². The van der Waals surface area contributed by atoms with Gasteiger partial charge >= 0.3 is 0 Å². The highest BCUT2D eigenvalue weighted by Crippen LogP contribution is 2.28. The van der Waals surface area contributed by atoms with Crippen LogP contribution in [0.15, 0.2) is 61.1 Å². The second-order valence-electron chi connectivity index (χ2n) is 7.93. The van der Waals surface area contributed by atoms with Crippen LogP contribution in [0.5, 0.6) is 0 Å². The van der Waals surface area contributed by atoms with Crippen molar-refractivity contribution >= 4 is 17.5 Å². The van der Waals surface area contributed by atoms with Gasteiger partial charge in [-0.15, -0.1) is 0 Å². The molecular weight excluding hydrogens is 409 g/mol. The fraction of sp³-hybridized carbons (Fsp3) is 0.333. The van der Waals surface area contributed by atoms with E-state index in [4.69, 9.17) is 0 Å². The summed E-state index contributed by atoms with van der Waals surface area (Å²) in [6.45, 7) is 1.30. The van der Waals surface area contributed by atoms with E-state index in [1.807, 2.05) is 23.1 Å². The molecule has 1 aliphatic heterocycles. The van der Waals surface area contributed by atoms with Crippen LogP contribution >= 0.6 is 0 Å². The molecule has 1 amide bonds. The molecular formula is C24H26FN5O2. The highest BCUT2D eigenvalue weighted by molar-refractivity contribution is 5.76. The standard InChI is InChI=1S/C24H26FN5O2/c25-19-6-4-18(5-7-19)21(31)8-9-24(32)30-13-10-17(11-14-30)20-15-26-16-23(28-20)29-22-3-1-2-12-27-22/h1-7,12,15-17,21,31H,8-11,13-14H2,(H,27,28,29)/t21-/m0/s1. The number of pyridine rings is 1. The number of aliphatic hydroxyl groups is 1. The van der Waals surface area contributed by atoms with Crippen LogP contribution in [-0.4, -0.2) is 44.0 Å². The minimum Gasteiger partial charge on any atom is -0.388 e. The molecule has 0 radical (unpaired) electrons. The third kappa shape index (κ3) is 5.64. The van der Waals surface area contributed by atoms with Gasteiger partial charge in [0.2, 0.25) is 5.91 Å². The number of benzene rings is 1. The molecule has 1 aliphatic rings. The molecule has 2 N–H and O–H groups in total. The molecule has 1 saturated heterocycles. The number of aromatic nitrogens is 3. The number of piperidine rings is 1. The van der Waals surface area contributed by atoms with Gasteiger partial charge in [-0.05, 0) is 49.1 Å². The minimum absolute atomic E-state index is 0.0289. The zero-order valence-corrected chi connectivity index (χ0v) is 17.7. The number of carbonyl (C=O) groups is 1. The number of rotatable bonds is 7. The van der Waals surface area contributed by atoms with Gasteiger partial charge in [-0.25, -0.2) is 14.4 Å². The fourth-order valence-electron chi connectivity index (χ4n) is 3.90. The van der Waals surface area contributed by atoms with Gasteiger partial charge in [0.05, 0.1) is 18.0 Å². The lowest BCUT2D eigenvalue weighted by molar-refractivity contribution is -0.132. The van der Waals surface area contributed by atoms with E-state index < -0.39 is 6.10 Å². The third-order valence-electron chi connectivity index (χ3n) is 5.73. The first-order valence-corrected chi connectivity index (χ1v) is 10.8. The highest BCUT2D eigenvalue weighted by Gasteiger charge is 2.25. The molecule has 3 aromatic rings. The van der Waals surface area contributed by atoms with Crippen molar-refractivity contribution in [3.05, 3.63) is 78.1 Å². The first kappa shape index (κ1) is 21.8. The number of likely N-dealkylation sites (tertiary alicyclic amines) is 1. The van der Waals surface area contributed by atoms with Gasteiger partial charge in [0.25, 0.3) is 0 Å². The van der Waals surface area contributed by atoms with Gasteiger partial charge in [-0.1, -0.05) is 18.2 Å². The van der Waals surface area contributed by atoms with Gasteiger partial charge in [-0.3, -0.25) is 9.78 Å². The summed E-state index contributed by atoms with van der Waals surface area (Å²) in [5.74, 6) is 1.28. The van der Waals surface area contributed by atoms with Crippen molar-refractivity contribution in [2.45, 2.75) is 37.7 Å². The molecule has 7 nitrogen and oxygen atoms in total. The number of halogens is 1. The molecule has 3 heterocycles. The maximum Gasteiger partial charge on any atom is 0.222 e. The Morgan fingerprint density at radius 3 is 2.62 bits per heavy atom. The first-order valence-electron chi connectivity index (χ1n) is 10.8. The topological polar surface area (TPSA) is 91.2 Å². The molecule has 0 unspecified atom stereocenters. The van der Waals surface area contributed by atoms with Crippen molar-refractivity contribution < 1.29 is 14.3 Å². The van der Waals surface area contributed by atoms with E-state index in [-0.39, 0.29) is 24.1 Å². The number of hydrogen-bond donors (Lipinski definition) is 2. The summed E-state index contributed by atoms with van der Waals surface area (Å²) in [4.78, 5) is 27.7. The Labute approximate surface area is 186 Å². The average Bonchev–Trinajstić information content (AvgIpc) is 2.84. The van der Waals surface area contributed by atoms with Crippen LogP contribution in [0.25, 0.3) is 0 Å². The highest BCUT2D eigenvalue weighted by atomic mass is 19.1. The smallest absolute Gasteiger partial charge is 0.222 e. The van der Waals surface area contributed by atoms with Crippen molar-refractivity contribution in [3.8, 4) is 0 Å². The summed E-state index contributed by atoms with van der Waals surface area (Å²) in [6, 6.07) is 11.3. The van der Waals surface area contributed by atoms with E-state index in [1.54, 1.807) is 30.7 Å². The van der Waals surface area contributed by atoms with Crippen LogP contribution in [0.2, 0.25) is 0 Å². The summed E-state index contributed by atoms with van der Waals surface area (Å²) in [5.41, 5.74) is 1.53. The Morgan fingerprint density at radius 2 is 1.91 bits per heavy atom. The Kier molecular flexibility index (Phi) is 7.01. The minimum atomic E-state index is -0.776. The number of aliphatic hydroxyl groups excluding tert-OH is 1. The molecule has 0 spiro atoms. The molecule has 0 aliphatic carbocycles. The zero-order chi connectivity index (χ0) is 22.3. The van der Waals surface area contributed by atoms with E-state index in [2.05, 4.69) is 20.3 Å². The van der Waals surface area contributed by atoms with E-state index in [0.717, 1.165) is 18.5 Å². The van der Waals surface area contributed by atoms with Crippen LogP contribution in [0.1, 0.15) is 49.0 Å². The van der Waals surface area contributed by atoms with Crippen molar-refractivity contribution in [1.82, 2.24) is 19.9 Å². The normalized spacial score (nSPS) is 15.4. The molecule has 1 aromatic carbocycles. The number of nitrogens with zero attached hydrogens (tertiary/aromatic N) is 4. The summed E-state index contributed by atoms with van der Waals surface area (Å²) in [5, 5.41) is 13.4. The van der Waals surface area contributed by atoms with Gasteiger partial charge in [0.15, 0.2) is 0 Å². The third-order valence-corrected chi connectivity index (χ3v) is 5.73. The molecule has 0 saturated carbocycles.